The van der Waals surface area contributed by atoms with Crippen molar-refractivity contribution in [2.24, 2.45) is 0 Å². The minimum atomic E-state index is -1.13. The van der Waals surface area contributed by atoms with E-state index in [4.69, 9.17) is 9.47 Å². The van der Waals surface area contributed by atoms with Gasteiger partial charge in [0.05, 0.1) is 24.0 Å². The third kappa shape index (κ3) is 4.50. The van der Waals surface area contributed by atoms with E-state index in [0.717, 1.165) is 0 Å². The zero-order valence-corrected chi connectivity index (χ0v) is 14.6. The fourth-order valence-electron chi connectivity index (χ4n) is 2.25. The zero-order chi connectivity index (χ0) is 18.6. The molecule has 132 valence electrons. The Kier molecular flexibility index (Phi) is 5.32. The number of amides is 1. The van der Waals surface area contributed by atoms with Crippen LogP contribution >= 0.6 is 0 Å². The molecule has 1 amide bonds. The number of carboxylic acid groups (broad SMARTS) is 1. The predicted octanol–water partition coefficient (Wildman–Crippen LogP) is 4.47. The van der Waals surface area contributed by atoms with Crippen molar-refractivity contribution in [3.05, 3.63) is 54.1 Å². The Labute approximate surface area is 146 Å². The third-order valence-corrected chi connectivity index (χ3v) is 3.26. The molecule has 0 saturated carbocycles. The molecule has 0 aromatic heterocycles. The van der Waals surface area contributed by atoms with Gasteiger partial charge in [-0.2, -0.15) is 0 Å². The number of para-hydroxylation sites is 1. The second kappa shape index (κ2) is 7.25. The van der Waals surface area contributed by atoms with Crippen LogP contribution in [0.15, 0.2) is 48.5 Å². The lowest BCUT2D eigenvalue weighted by Crippen LogP contribution is -2.34. The number of nitrogens with zero attached hydrogens (tertiary/aromatic N) is 1. The van der Waals surface area contributed by atoms with Gasteiger partial charge < -0.3 is 14.6 Å². The maximum atomic E-state index is 12.8. The highest BCUT2D eigenvalue weighted by molar-refractivity contribution is 6.04. The summed E-state index contributed by atoms with van der Waals surface area (Å²) in [5.41, 5.74) is -0.0668. The van der Waals surface area contributed by atoms with Crippen molar-refractivity contribution in [3.63, 3.8) is 0 Å². The van der Waals surface area contributed by atoms with Crippen LogP contribution in [-0.4, -0.2) is 29.9 Å². The monoisotopic (exact) mass is 343 g/mol. The molecule has 0 saturated heterocycles. The number of ether oxygens (including phenoxy) is 2. The number of carbonyl (C=O) groups is 2. The van der Waals surface area contributed by atoms with Crippen LogP contribution in [-0.2, 0) is 4.74 Å². The summed E-state index contributed by atoms with van der Waals surface area (Å²) in [6.45, 7) is 5.24. The lowest BCUT2D eigenvalue weighted by Gasteiger charge is -2.28. The Morgan fingerprint density at radius 2 is 1.72 bits per heavy atom. The van der Waals surface area contributed by atoms with Gasteiger partial charge in [-0.15, -0.1) is 0 Å². The van der Waals surface area contributed by atoms with Crippen molar-refractivity contribution < 1.29 is 24.2 Å². The topological polar surface area (TPSA) is 76.1 Å². The number of carbonyl (C=O) groups excluding carboxylic acids is 1. The number of methoxy groups -OCH3 is 1. The number of aromatic carboxylic acids is 1. The SMILES string of the molecule is COc1cccc(N(C(=O)OC(C)(C)C)c2ccccc2C(=O)O)c1. The molecule has 1 N–H and O–H groups in total. The van der Waals surface area contributed by atoms with E-state index in [2.05, 4.69) is 0 Å². The molecule has 0 spiro atoms. The van der Waals surface area contributed by atoms with Crippen LogP contribution in [0.3, 0.4) is 0 Å². The largest absolute Gasteiger partial charge is 0.497 e. The van der Waals surface area contributed by atoms with Crippen LogP contribution in [0.5, 0.6) is 5.75 Å². The van der Waals surface area contributed by atoms with Crippen LogP contribution in [0.4, 0.5) is 16.2 Å². The van der Waals surface area contributed by atoms with Crippen LogP contribution in [0, 0.1) is 0 Å². The molecule has 0 aliphatic carbocycles. The van der Waals surface area contributed by atoms with Crippen molar-refractivity contribution in [2.45, 2.75) is 26.4 Å². The van der Waals surface area contributed by atoms with E-state index in [1.54, 1.807) is 63.2 Å². The molecule has 0 bridgehead atoms. The van der Waals surface area contributed by atoms with E-state index in [9.17, 15) is 14.7 Å². The normalized spacial score (nSPS) is 10.9. The molecule has 0 radical (unpaired) electrons. The molecular weight excluding hydrogens is 322 g/mol. The molecule has 0 atom stereocenters. The Morgan fingerprint density at radius 3 is 2.32 bits per heavy atom. The molecule has 6 heteroatoms. The fraction of sp³-hybridized carbons (Fsp3) is 0.263. The average molecular weight is 343 g/mol. The van der Waals surface area contributed by atoms with Crippen LogP contribution in [0.25, 0.3) is 0 Å². The highest BCUT2D eigenvalue weighted by atomic mass is 16.6. The van der Waals surface area contributed by atoms with Crippen molar-refractivity contribution in [2.75, 3.05) is 12.0 Å². The predicted molar refractivity (Wildman–Crippen MR) is 94.8 cm³/mol. The van der Waals surface area contributed by atoms with E-state index < -0.39 is 17.7 Å². The summed E-state index contributed by atoms with van der Waals surface area (Å²) < 4.78 is 10.7. The van der Waals surface area contributed by atoms with Gasteiger partial charge in [-0.3, -0.25) is 0 Å². The molecule has 2 rings (SSSR count). The third-order valence-electron chi connectivity index (χ3n) is 3.26. The van der Waals surface area contributed by atoms with Gasteiger partial charge in [-0.25, -0.2) is 14.5 Å². The van der Waals surface area contributed by atoms with Crippen LogP contribution < -0.4 is 9.64 Å². The summed E-state index contributed by atoms with van der Waals surface area (Å²) in [6.07, 6.45) is -0.672. The summed E-state index contributed by atoms with van der Waals surface area (Å²) >= 11 is 0. The first-order valence-electron chi connectivity index (χ1n) is 7.72. The summed E-state index contributed by atoms with van der Waals surface area (Å²) in [7, 11) is 1.52. The Balaban J connectivity index is 2.60. The van der Waals surface area contributed by atoms with E-state index >= 15 is 0 Å². The van der Waals surface area contributed by atoms with E-state index in [-0.39, 0.29) is 11.3 Å². The minimum absolute atomic E-state index is 0.00354. The molecule has 2 aromatic carbocycles. The van der Waals surface area contributed by atoms with Crippen LogP contribution in [0.2, 0.25) is 0 Å². The molecule has 0 unspecified atom stereocenters. The number of rotatable bonds is 4. The molecule has 0 fully saturated rings. The van der Waals surface area contributed by atoms with E-state index in [0.29, 0.717) is 11.4 Å². The van der Waals surface area contributed by atoms with Crippen molar-refractivity contribution in [1.29, 1.82) is 0 Å². The van der Waals surface area contributed by atoms with Gasteiger partial charge in [-0.1, -0.05) is 18.2 Å². The summed E-state index contributed by atoms with van der Waals surface area (Å²) in [5, 5.41) is 9.47. The van der Waals surface area contributed by atoms with E-state index in [1.165, 1.54) is 18.1 Å². The molecule has 0 aliphatic heterocycles. The van der Waals surface area contributed by atoms with Gasteiger partial charge in [-0.05, 0) is 45.0 Å². The Hall–Kier alpha value is -3.02. The number of hydrogen-bond acceptors (Lipinski definition) is 4. The van der Waals surface area contributed by atoms with Gasteiger partial charge in [0.25, 0.3) is 0 Å². The second-order valence-electron chi connectivity index (χ2n) is 6.34. The molecule has 0 heterocycles. The zero-order valence-electron chi connectivity index (χ0n) is 14.6. The van der Waals surface area contributed by atoms with Gasteiger partial charge in [0, 0.05) is 6.07 Å². The molecule has 2 aromatic rings. The number of carboxylic acids is 1. The van der Waals surface area contributed by atoms with Gasteiger partial charge in [0.1, 0.15) is 11.4 Å². The smallest absolute Gasteiger partial charge is 0.419 e. The first kappa shape index (κ1) is 18.3. The Morgan fingerprint density at radius 1 is 1.04 bits per heavy atom. The highest BCUT2D eigenvalue weighted by Crippen LogP contribution is 2.32. The quantitative estimate of drug-likeness (QED) is 0.886. The molecule has 25 heavy (non-hydrogen) atoms. The summed E-state index contributed by atoms with van der Waals surface area (Å²) in [4.78, 5) is 25.6. The van der Waals surface area contributed by atoms with Crippen molar-refractivity contribution >= 4 is 23.4 Å². The Bertz CT molecular complexity index is 779. The second-order valence-corrected chi connectivity index (χ2v) is 6.34. The average Bonchev–Trinajstić information content (AvgIpc) is 2.54. The number of anilines is 2. The van der Waals surface area contributed by atoms with Crippen molar-refractivity contribution in [3.8, 4) is 5.75 Å². The maximum absolute atomic E-state index is 12.8. The lowest BCUT2D eigenvalue weighted by molar-refractivity contribution is 0.0599. The standard InChI is InChI=1S/C19H21NO5/c1-19(2,3)25-18(23)20(13-8-7-9-14(12-13)24-4)16-11-6-5-10-15(16)17(21)22/h5-12H,1-4H3,(H,21,22). The minimum Gasteiger partial charge on any atom is -0.497 e. The fourth-order valence-corrected chi connectivity index (χ4v) is 2.25. The number of hydrogen-bond donors (Lipinski definition) is 1. The van der Waals surface area contributed by atoms with Gasteiger partial charge in [0.2, 0.25) is 0 Å². The molecule has 6 nitrogen and oxygen atoms in total. The molecular formula is C19H21NO5. The number of benzene rings is 2. The van der Waals surface area contributed by atoms with Crippen molar-refractivity contribution in [1.82, 2.24) is 0 Å². The first-order chi connectivity index (χ1) is 11.7. The van der Waals surface area contributed by atoms with Crippen LogP contribution in [0.1, 0.15) is 31.1 Å². The van der Waals surface area contributed by atoms with Gasteiger partial charge in [0.15, 0.2) is 0 Å². The highest BCUT2D eigenvalue weighted by Gasteiger charge is 2.28. The maximum Gasteiger partial charge on any atom is 0.419 e. The van der Waals surface area contributed by atoms with E-state index in [1.807, 2.05) is 0 Å². The summed E-state index contributed by atoms with van der Waals surface area (Å²) in [5.74, 6) is -0.592. The van der Waals surface area contributed by atoms with Gasteiger partial charge >= 0.3 is 12.1 Å². The summed E-state index contributed by atoms with van der Waals surface area (Å²) in [6, 6.07) is 13.1. The lowest BCUT2D eigenvalue weighted by atomic mass is 10.1. The first-order valence-corrected chi connectivity index (χ1v) is 7.72. The molecule has 0 aliphatic rings.